The molecule has 3 heteroatoms. The van der Waals surface area contributed by atoms with E-state index in [2.05, 4.69) is 65.2 Å². The van der Waals surface area contributed by atoms with E-state index >= 15 is 0 Å². The molecule has 5 rings (SSSR count). The third-order valence-electron chi connectivity index (χ3n) is 4.71. The zero-order valence-electron chi connectivity index (χ0n) is 11.9. The summed E-state index contributed by atoms with van der Waals surface area (Å²) in [5.74, 6) is 0. The Balaban J connectivity index is 1.91. The maximum atomic E-state index is 11.5. The van der Waals surface area contributed by atoms with Crippen molar-refractivity contribution in [3.8, 4) is 0 Å². The minimum atomic E-state index is -0.0873. The molecule has 3 nitrogen and oxygen atoms in total. The quantitative estimate of drug-likeness (QED) is 0.511. The number of hydrogen-bond acceptors (Lipinski definition) is 1. The molecule has 22 heavy (non-hydrogen) atoms. The van der Waals surface area contributed by atoms with Crippen molar-refractivity contribution >= 4 is 38.3 Å². The lowest BCUT2D eigenvalue weighted by molar-refractivity contribution is 0.247. The number of hydrogen-bond donors (Lipinski definition) is 2. The Morgan fingerprint density at radius 2 is 1.50 bits per heavy atom. The second kappa shape index (κ2) is 4.10. The second-order valence-corrected chi connectivity index (χ2v) is 5.92. The molecule has 4 aromatic rings. The first-order chi connectivity index (χ1) is 10.8. The molecular formula is C19H14N2O. The Bertz CT molecular complexity index is 1020. The van der Waals surface area contributed by atoms with E-state index in [9.17, 15) is 4.79 Å². The summed E-state index contributed by atoms with van der Waals surface area (Å²) in [5.41, 5.74) is 1.18. The summed E-state index contributed by atoms with van der Waals surface area (Å²) < 4.78 is 0. The molecule has 0 saturated carbocycles. The van der Waals surface area contributed by atoms with E-state index < -0.39 is 0 Å². The van der Waals surface area contributed by atoms with Gasteiger partial charge < -0.3 is 10.6 Å². The Kier molecular flexibility index (Phi) is 2.20. The molecule has 1 saturated heterocycles. The van der Waals surface area contributed by atoms with Crippen molar-refractivity contribution in [2.75, 3.05) is 6.54 Å². The molecular weight excluding hydrogens is 272 g/mol. The molecule has 2 amide bonds. The Morgan fingerprint density at radius 1 is 0.818 bits per heavy atom. The second-order valence-electron chi connectivity index (χ2n) is 5.92. The molecule has 0 unspecified atom stereocenters. The summed E-state index contributed by atoms with van der Waals surface area (Å²) in [6.45, 7) is 0.642. The summed E-state index contributed by atoms with van der Waals surface area (Å²) in [6.07, 6.45) is 0. The van der Waals surface area contributed by atoms with Crippen LogP contribution in [0.3, 0.4) is 0 Å². The van der Waals surface area contributed by atoms with Gasteiger partial charge in [0.2, 0.25) is 0 Å². The molecule has 0 radical (unpaired) electrons. The lowest BCUT2D eigenvalue weighted by Gasteiger charge is -2.16. The maximum Gasteiger partial charge on any atom is 0.315 e. The molecule has 1 heterocycles. The molecule has 2 N–H and O–H groups in total. The summed E-state index contributed by atoms with van der Waals surface area (Å²) in [5, 5.41) is 13.5. The summed E-state index contributed by atoms with van der Waals surface area (Å²) in [4.78, 5) is 11.5. The molecule has 1 fully saturated rings. The van der Waals surface area contributed by atoms with Crippen molar-refractivity contribution in [1.82, 2.24) is 10.6 Å². The number of carbonyl (C=O) groups is 1. The van der Waals surface area contributed by atoms with Gasteiger partial charge in [-0.2, -0.15) is 0 Å². The summed E-state index contributed by atoms with van der Waals surface area (Å²) >= 11 is 0. The van der Waals surface area contributed by atoms with Crippen LogP contribution in [-0.2, 0) is 0 Å². The summed E-state index contributed by atoms with van der Waals surface area (Å²) in [6, 6.07) is 19.4. The minimum absolute atomic E-state index is 0.0390. The van der Waals surface area contributed by atoms with Crippen LogP contribution in [0.1, 0.15) is 11.6 Å². The summed E-state index contributed by atoms with van der Waals surface area (Å²) in [7, 11) is 0. The highest BCUT2D eigenvalue weighted by molar-refractivity contribution is 6.23. The van der Waals surface area contributed by atoms with Gasteiger partial charge in [0.25, 0.3) is 0 Å². The van der Waals surface area contributed by atoms with Crippen molar-refractivity contribution in [3.63, 3.8) is 0 Å². The Morgan fingerprint density at radius 3 is 2.23 bits per heavy atom. The Labute approximate surface area is 127 Å². The van der Waals surface area contributed by atoms with Crippen LogP contribution in [0.4, 0.5) is 4.79 Å². The lowest BCUT2D eigenvalue weighted by atomic mass is 9.90. The van der Waals surface area contributed by atoms with E-state index in [0.717, 1.165) is 0 Å². The predicted molar refractivity (Wildman–Crippen MR) is 89.4 cm³/mol. The smallest absolute Gasteiger partial charge is 0.315 e. The first-order valence-corrected chi connectivity index (χ1v) is 7.52. The molecule has 1 atom stereocenters. The first kappa shape index (κ1) is 11.8. The van der Waals surface area contributed by atoms with E-state index in [1.165, 1.54) is 37.9 Å². The number of urea groups is 1. The van der Waals surface area contributed by atoms with Crippen LogP contribution in [0.5, 0.6) is 0 Å². The fraction of sp³-hybridized carbons (Fsp3) is 0.105. The number of carbonyl (C=O) groups excluding carboxylic acids is 1. The third kappa shape index (κ3) is 1.48. The largest absolute Gasteiger partial charge is 0.336 e. The standard InChI is InChI=1S/C19H14N2O/c22-19-20-10-16(21-19)14-8-6-13-5-4-11-2-1-3-12-7-9-15(14)18(13)17(11)12/h1-9,16H,10H2,(H2,20,21,22)/t16-/m1/s1. The maximum absolute atomic E-state index is 11.5. The molecule has 106 valence electrons. The van der Waals surface area contributed by atoms with Gasteiger partial charge in [0, 0.05) is 6.54 Å². The molecule has 4 aromatic carbocycles. The van der Waals surface area contributed by atoms with Crippen molar-refractivity contribution < 1.29 is 4.79 Å². The van der Waals surface area contributed by atoms with Gasteiger partial charge in [-0.05, 0) is 37.9 Å². The van der Waals surface area contributed by atoms with Crippen molar-refractivity contribution in [3.05, 3.63) is 60.2 Å². The molecule has 1 aliphatic rings. The van der Waals surface area contributed by atoms with Crippen molar-refractivity contribution in [2.45, 2.75) is 6.04 Å². The highest BCUT2D eigenvalue weighted by atomic mass is 16.2. The highest BCUT2D eigenvalue weighted by Gasteiger charge is 2.24. The van der Waals surface area contributed by atoms with Gasteiger partial charge >= 0.3 is 6.03 Å². The average molecular weight is 286 g/mol. The van der Waals surface area contributed by atoms with Gasteiger partial charge in [0.15, 0.2) is 0 Å². The van der Waals surface area contributed by atoms with Crippen LogP contribution in [-0.4, -0.2) is 12.6 Å². The number of nitrogens with one attached hydrogen (secondary N) is 2. The fourth-order valence-corrected chi connectivity index (χ4v) is 3.70. The topological polar surface area (TPSA) is 41.1 Å². The normalized spacial score (nSPS) is 18.2. The van der Waals surface area contributed by atoms with Gasteiger partial charge in [-0.1, -0.05) is 54.6 Å². The van der Waals surface area contributed by atoms with Crippen molar-refractivity contribution in [1.29, 1.82) is 0 Å². The van der Waals surface area contributed by atoms with E-state index in [0.29, 0.717) is 6.54 Å². The zero-order valence-corrected chi connectivity index (χ0v) is 11.9. The van der Waals surface area contributed by atoms with E-state index in [4.69, 9.17) is 0 Å². The number of amides is 2. The van der Waals surface area contributed by atoms with E-state index in [1.54, 1.807) is 0 Å². The van der Waals surface area contributed by atoms with E-state index in [-0.39, 0.29) is 12.1 Å². The van der Waals surface area contributed by atoms with Crippen LogP contribution < -0.4 is 10.6 Å². The van der Waals surface area contributed by atoms with Crippen LogP contribution in [0.2, 0.25) is 0 Å². The van der Waals surface area contributed by atoms with Crippen molar-refractivity contribution in [2.24, 2.45) is 0 Å². The molecule has 1 aliphatic heterocycles. The molecule has 0 bridgehead atoms. The van der Waals surface area contributed by atoms with Crippen LogP contribution >= 0.6 is 0 Å². The van der Waals surface area contributed by atoms with E-state index in [1.807, 2.05) is 0 Å². The first-order valence-electron chi connectivity index (χ1n) is 7.52. The number of rotatable bonds is 1. The molecule has 0 aromatic heterocycles. The average Bonchev–Trinajstić information content (AvgIpc) is 2.99. The van der Waals surface area contributed by atoms with Gasteiger partial charge in [-0.15, -0.1) is 0 Å². The number of benzene rings is 4. The SMILES string of the molecule is O=C1NC[C@H](c2ccc3ccc4cccc5ccc2c3c45)N1. The van der Waals surface area contributed by atoms with Crippen LogP contribution in [0.25, 0.3) is 32.3 Å². The van der Waals surface area contributed by atoms with Gasteiger partial charge in [-0.3, -0.25) is 0 Å². The molecule has 0 aliphatic carbocycles. The van der Waals surface area contributed by atoms with Gasteiger partial charge in [0.05, 0.1) is 6.04 Å². The fourth-order valence-electron chi connectivity index (χ4n) is 3.70. The van der Waals surface area contributed by atoms with Crippen LogP contribution in [0, 0.1) is 0 Å². The Hall–Kier alpha value is -2.81. The molecule has 0 spiro atoms. The van der Waals surface area contributed by atoms with Crippen LogP contribution in [0.15, 0.2) is 54.6 Å². The zero-order chi connectivity index (χ0) is 14.7. The predicted octanol–water partition coefficient (Wildman–Crippen LogP) is 3.94. The van der Waals surface area contributed by atoms with Gasteiger partial charge in [0.1, 0.15) is 0 Å². The van der Waals surface area contributed by atoms with Gasteiger partial charge in [-0.25, -0.2) is 4.79 Å². The third-order valence-corrected chi connectivity index (χ3v) is 4.71. The lowest BCUT2D eigenvalue weighted by Crippen LogP contribution is -2.21. The highest BCUT2D eigenvalue weighted by Crippen LogP contribution is 2.37. The monoisotopic (exact) mass is 286 g/mol. The minimum Gasteiger partial charge on any atom is -0.336 e.